The summed E-state index contributed by atoms with van der Waals surface area (Å²) in [4.78, 5) is 19.9. The van der Waals surface area contributed by atoms with Crippen LogP contribution >= 0.6 is 0 Å². The molecule has 1 amide bonds. The zero-order chi connectivity index (χ0) is 23.7. The summed E-state index contributed by atoms with van der Waals surface area (Å²) in [5, 5.41) is 13.5. The fraction of sp³-hybridized carbons (Fsp3) is 0.545. The highest BCUT2D eigenvalue weighted by atomic mass is 19.3. The van der Waals surface area contributed by atoms with E-state index in [1.165, 1.54) is 10.7 Å². The summed E-state index contributed by atoms with van der Waals surface area (Å²) < 4.78 is 34.4. The van der Waals surface area contributed by atoms with E-state index in [0.717, 1.165) is 25.7 Å². The number of nitrogens with one attached hydrogen (secondary N) is 2. The molecular formula is C22H28F2N8O2. The highest BCUT2D eigenvalue weighted by Gasteiger charge is 2.30. The van der Waals surface area contributed by atoms with Crippen LogP contribution in [0.5, 0.6) is 0 Å². The molecule has 1 aliphatic carbocycles. The van der Waals surface area contributed by atoms with Crippen LogP contribution in [0.1, 0.15) is 59.8 Å². The number of hydrogen-bond donors (Lipinski definition) is 3. The van der Waals surface area contributed by atoms with Crippen molar-refractivity contribution in [2.75, 3.05) is 43.1 Å². The van der Waals surface area contributed by atoms with Gasteiger partial charge in [0.25, 0.3) is 12.3 Å². The molecule has 0 spiro atoms. The summed E-state index contributed by atoms with van der Waals surface area (Å²) in [6.07, 6.45) is 3.74. The molecule has 0 atom stereocenters. The van der Waals surface area contributed by atoms with Crippen LogP contribution in [0.25, 0.3) is 5.65 Å². The lowest BCUT2D eigenvalue weighted by molar-refractivity contribution is 0.102. The molecule has 1 aliphatic heterocycles. The minimum absolute atomic E-state index is 0.00746. The second-order valence-corrected chi connectivity index (χ2v) is 8.82. The van der Waals surface area contributed by atoms with E-state index in [0.29, 0.717) is 55.9 Å². The van der Waals surface area contributed by atoms with Crippen LogP contribution in [0.3, 0.4) is 0 Å². The van der Waals surface area contributed by atoms with Crippen LogP contribution in [0.2, 0.25) is 0 Å². The summed E-state index contributed by atoms with van der Waals surface area (Å²) in [5.41, 5.74) is 6.48. The number of morpholine rings is 1. The fourth-order valence-electron chi connectivity index (χ4n) is 4.81. The standard InChI is InChI=1S/C22H28F2N8O2/c23-20(24)19-18(17(29-30-19)14-3-1-13(11-25)2-4-14)28-22(33)15-12-26-32-6-5-16(27-21(15)32)31-7-9-34-10-8-31/h5-6,12-14,20H,1-4,7-11,25H2,(H,28,33)(H,29,30). The molecular weight excluding hydrogens is 446 g/mol. The van der Waals surface area contributed by atoms with Crippen molar-refractivity contribution in [3.05, 3.63) is 35.4 Å². The predicted octanol–water partition coefficient (Wildman–Crippen LogP) is 2.71. The number of carbonyl (C=O) groups excluding carboxylic acids is 1. The summed E-state index contributed by atoms with van der Waals surface area (Å²) in [5.74, 6) is 0.603. The maximum absolute atomic E-state index is 13.7. The van der Waals surface area contributed by atoms with E-state index >= 15 is 0 Å². The quantitative estimate of drug-likeness (QED) is 0.501. The molecule has 2 fully saturated rings. The van der Waals surface area contributed by atoms with Crippen molar-refractivity contribution in [2.45, 2.75) is 38.0 Å². The maximum atomic E-state index is 13.7. The van der Waals surface area contributed by atoms with Crippen molar-refractivity contribution in [3.8, 4) is 0 Å². The van der Waals surface area contributed by atoms with E-state index < -0.39 is 18.0 Å². The topological polar surface area (TPSA) is 126 Å². The number of anilines is 2. The van der Waals surface area contributed by atoms with Gasteiger partial charge in [-0.2, -0.15) is 10.2 Å². The van der Waals surface area contributed by atoms with Crippen molar-refractivity contribution < 1.29 is 18.3 Å². The lowest BCUT2D eigenvalue weighted by Gasteiger charge is -2.27. The SMILES string of the molecule is NCC1CCC(c2[nH]nc(C(F)F)c2NC(=O)c2cnn3ccc(N4CCOCC4)nc23)CC1. The number of nitrogens with two attached hydrogens (primary N) is 1. The highest BCUT2D eigenvalue weighted by molar-refractivity contribution is 6.08. The second kappa shape index (κ2) is 9.63. The number of aromatic nitrogens is 5. The molecule has 10 nitrogen and oxygen atoms in total. The van der Waals surface area contributed by atoms with Crippen molar-refractivity contribution in [2.24, 2.45) is 11.7 Å². The second-order valence-electron chi connectivity index (χ2n) is 8.82. The number of rotatable bonds is 6. The maximum Gasteiger partial charge on any atom is 0.284 e. The third-order valence-corrected chi connectivity index (χ3v) is 6.79. The zero-order valence-electron chi connectivity index (χ0n) is 18.7. The largest absolute Gasteiger partial charge is 0.378 e. The molecule has 12 heteroatoms. The molecule has 4 N–H and O–H groups in total. The van der Waals surface area contributed by atoms with Gasteiger partial charge in [0, 0.05) is 25.2 Å². The number of nitrogens with zero attached hydrogens (tertiary/aromatic N) is 5. The highest BCUT2D eigenvalue weighted by Crippen LogP contribution is 2.40. The van der Waals surface area contributed by atoms with E-state index in [9.17, 15) is 13.6 Å². The summed E-state index contributed by atoms with van der Waals surface area (Å²) in [6, 6.07) is 1.83. The molecule has 2 aliphatic rings. The van der Waals surface area contributed by atoms with E-state index in [2.05, 4.69) is 30.5 Å². The van der Waals surface area contributed by atoms with Gasteiger partial charge in [0.15, 0.2) is 11.3 Å². The van der Waals surface area contributed by atoms with E-state index in [1.54, 1.807) is 6.20 Å². The fourth-order valence-corrected chi connectivity index (χ4v) is 4.81. The number of carbonyl (C=O) groups is 1. The molecule has 34 heavy (non-hydrogen) atoms. The van der Waals surface area contributed by atoms with E-state index in [-0.39, 0.29) is 17.2 Å². The van der Waals surface area contributed by atoms with Gasteiger partial charge in [-0.15, -0.1) is 0 Å². The molecule has 1 saturated heterocycles. The molecule has 3 aromatic heterocycles. The van der Waals surface area contributed by atoms with Crippen molar-refractivity contribution >= 4 is 23.1 Å². The van der Waals surface area contributed by atoms with Crippen LogP contribution in [-0.2, 0) is 4.74 Å². The first-order valence-corrected chi connectivity index (χ1v) is 11.6. The van der Waals surface area contributed by atoms with Gasteiger partial charge in [0.2, 0.25) is 0 Å². The summed E-state index contributed by atoms with van der Waals surface area (Å²) >= 11 is 0. The first kappa shape index (κ1) is 22.7. The van der Waals surface area contributed by atoms with Gasteiger partial charge in [0.05, 0.1) is 30.8 Å². The Labute approximate surface area is 194 Å². The Morgan fingerprint density at radius 3 is 2.74 bits per heavy atom. The van der Waals surface area contributed by atoms with Crippen LogP contribution < -0.4 is 16.0 Å². The van der Waals surface area contributed by atoms with Crippen LogP contribution in [0.15, 0.2) is 18.5 Å². The molecule has 0 bridgehead atoms. The smallest absolute Gasteiger partial charge is 0.284 e. The molecule has 182 valence electrons. The molecule has 0 radical (unpaired) electrons. The molecule has 3 aromatic rings. The molecule has 1 saturated carbocycles. The van der Waals surface area contributed by atoms with E-state index in [4.69, 9.17) is 10.5 Å². The molecule has 4 heterocycles. The lowest BCUT2D eigenvalue weighted by atomic mass is 9.80. The monoisotopic (exact) mass is 474 g/mol. The number of amides is 1. The van der Waals surface area contributed by atoms with Gasteiger partial charge in [-0.1, -0.05) is 0 Å². The summed E-state index contributed by atoms with van der Waals surface area (Å²) in [7, 11) is 0. The third kappa shape index (κ3) is 4.34. The van der Waals surface area contributed by atoms with Crippen LogP contribution in [0, 0.1) is 5.92 Å². The molecule has 5 rings (SSSR count). The van der Waals surface area contributed by atoms with Gasteiger partial charge in [0.1, 0.15) is 11.4 Å². The first-order valence-electron chi connectivity index (χ1n) is 11.6. The predicted molar refractivity (Wildman–Crippen MR) is 121 cm³/mol. The zero-order valence-corrected chi connectivity index (χ0v) is 18.7. The number of fused-ring (bicyclic) bond motifs is 1. The van der Waals surface area contributed by atoms with Crippen LogP contribution in [-0.4, -0.2) is 63.6 Å². The third-order valence-electron chi connectivity index (χ3n) is 6.79. The van der Waals surface area contributed by atoms with Gasteiger partial charge in [-0.3, -0.25) is 9.89 Å². The average molecular weight is 475 g/mol. The van der Waals surface area contributed by atoms with Crippen LogP contribution in [0.4, 0.5) is 20.3 Å². The van der Waals surface area contributed by atoms with Crippen molar-refractivity contribution in [1.82, 2.24) is 24.8 Å². The van der Waals surface area contributed by atoms with Gasteiger partial charge in [-0.25, -0.2) is 18.3 Å². The normalized spacial score (nSPS) is 21.4. The number of H-pyrrole nitrogens is 1. The Balaban J connectivity index is 1.42. The minimum Gasteiger partial charge on any atom is -0.378 e. The Kier molecular flexibility index (Phi) is 6.42. The first-order chi connectivity index (χ1) is 16.5. The Hall–Kier alpha value is -3.12. The Morgan fingerprint density at radius 2 is 2.03 bits per heavy atom. The molecule has 0 aromatic carbocycles. The number of aromatic amines is 1. The Morgan fingerprint density at radius 1 is 1.26 bits per heavy atom. The van der Waals surface area contributed by atoms with Gasteiger partial charge in [-0.05, 0) is 44.2 Å². The van der Waals surface area contributed by atoms with E-state index in [1.807, 2.05) is 6.07 Å². The number of ether oxygens (including phenoxy) is 1. The van der Waals surface area contributed by atoms with Crippen molar-refractivity contribution in [1.29, 1.82) is 0 Å². The molecule has 0 unspecified atom stereocenters. The minimum atomic E-state index is -2.82. The average Bonchev–Trinajstić information content (AvgIpc) is 3.48. The van der Waals surface area contributed by atoms with Gasteiger partial charge < -0.3 is 20.7 Å². The number of halogens is 2. The van der Waals surface area contributed by atoms with Crippen molar-refractivity contribution in [3.63, 3.8) is 0 Å². The number of alkyl halides is 2. The summed E-state index contributed by atoms with van der Waals surface area (Å²) in [6.45, 7) is 3.22. The number of hydrogen-bond acceptors (Lipinski definition) is 7. The van der Waals surface area contributed by atoms with Gasteiger partial charge >= 0.3 is 0 Å². The Bertz CT molecular complexity index is 1150. The lowest BCUT2D eigenvalue weighted by Crippen LogP contribution is -2.36.